The van der Waals surface area contributed by atoms with Crippen LogP contribution in [0.3, 0.4) is 0 Å². The number of rotatable bonds is 4. The highest BCUT2D eigenvalue weighted by Crippen LogP contribution is 2.34. The maximum atomic E-state index is 14.6. The van der Waals surface area contributed by atoms with Crippen LogP contribution in [0.15, 0.2) is 54.6 Å². The number of hydrogen-bond acceptors (Lipinski definition) is 1. The summed E-state index contributed by atoms with van der Waals surface area (Å²) in [7, 11) is 0. The highest BCUT2D eigenvalue weighted by Gasteiger charge is 2.37. The molecular formula is C19H19F2N. The number of fused-ring (bicyclic) bond motifs is 2. The molecule has 0 unspecified atom stereocenters. The number of alkyl halides is 2. The third-order valence-electron chi connectivity index (χ3n) is 4.21. The van der Waals surface area contributed by atoms with Crippen LogP contribution in [0.1, 0.15) is 19.4 Å². The summed E-state index contributed by atoms with van der Waals surface area (Å²) in [5.74, 6) is 0. The van der Waals surface area contributed by atoms with Crippen molar-refractivity contribution in [3.05, 3.63) is 60.2 Å². The molecule has 0 atom stereocenters. The summed E-state index contributed by atoms with van der Waals surface area (Å²) < 4.78 is 29.2. The number of benzene rings is 3. The van der Waals surface area contributed by atoms with Gasteiger partial charge < -0.3 is 0 Å². The third kappa shape index (κ3) is 2.46. The molecule has 3 rings (SSSR count). The van der Waals surface area contributed by atoms with Crippen LogP contribution in [-0.2, 0) is 6.05 Å². The first-order valence-corrected chi connectivity index (χ1v) is 7.62. The molecule has 1 nitrogen and oxygen atoms in total. The molecule has 3 heteroatoms. The van der Waals surface area contributed by atoms with Crippen molar-refractivity contribution < 1.29 is 8.78 Å². The molecule has 0 spiro atoms. The average molecular weight is 299 g/mol. The van der Waals surface area contributed by atoms with E-state index in [1.807, 2.05) is 36.4 Å². The standard InChI is InChI=1S/C19H19F2N/c1-3-22(4-2)19(20,21)18-10-9-16-11-14-7-5-6-8-15(14)12-17(16)13-18/h5-13H,3-4H2,1-2H3. The van der Waals surface area contributed by atoms with Crippen molar-refractivity contribution in [3.63, 3.8) is 0 Å². The predicted octanol–water partition coefficient (Wildman–Crippen LogP) is 5.38. The maximum absolute atomic E-state index is 14.6. The summed E-state index contributed by atoms with van der Waals surface area (Å²) in [5.41, 5.74) is 0.0546. The molecule has 0 radical (unpaired) electrons. The highest BCUT2D eigenvalue weighted by atomic mass is 19.3. The normalized spacial score (nSPS) is 12.4. The molecule has 0 heterocycles. The minimum atomic E-state index is -2.94. The first kappa shape index (κ1) is 14.9. The summed E-state index contributed by atoms with van der Waals surface area (Å²) in [6, 6.07) is 14.0. The molecule has 0 saturated carbocycles. The first-order valence-electron chi connectivity index (χ1n) is 7.62. The molecule has 0 amide bonds. The largest absolute Gasteiger partial charge is 0.331 e. The Labute approximate surface area is 129 Å². The Kier molecular flexibility index (Phi) is 3.83. The SMILES string of the molecule is CCN(CC)C(F)(F)c1ccc2cc3ccccc3cc2c1. The molecule has 0 saturated heterocycles. The highest BCUT2D eigenvalue weighted by molar-refractivity contribution is 5.98. The Morgan fingerprint density at radius 2 is 1.32 bits per heavy atom. The van der Waals surface area contributed by atoms with Crippen LogP contribution < -0.4 is 0 Å². The molecule has 114 valence electrons. The number of nitrogens with zero attached hydrogens (tertiary/aromatic N) is 1. The van der Waals surface area contributed by atoms with E-state index in [0.29, 0.717) is 13.1 Å². The van der Waals surface area contributed by atoms with E-state index in [9.17, 15) is 8.78 Å². The molecule has 0 aliphatic rings. The predicted molar refractivity (Wildman–Crippen MR) is 88.3 cm³/mol. The van der Waals surface area contributed by atoms with Gasteiger partial charge in [0.1, 0.15) is 0 Å². The van der Waals surface area contributed by atoms with Crippen LogP contribution in [0.5, 0.6) is 0 Å². The van der Waals surface area contributed by atoms with Crippen molar-refractivity contribution in [3.8, 4) is 0 Å². The number of hydrogen-bond donors (Lipinski definition) is 0. The fraction of sp³-hybridized carbons (Fsp3) is 0.263. The Balaban J connectivity index is 2.14. The molecule has 3 aromatic rings. The Hall–Kier alpha value is -2.00. The summed E-state index contributed by atoms with van der Waals surface area (Å²) in [6.07, 6.45) is 0. The van der Waals surface area contributed by atoms with E-state index in [1.54, 1.807) is 26.0 Å². The van der Waals surface area contributed by atoms with Crippen LogP contribution in [0.2, 0.25) is 0 Å². The molecule has 0 aliphatic carbocycles. The summed E-state index contributed by atoms with van der Waals surface area (Å²) >= 11 is 0. The van der Waals surface area contributed by atoms with Crippen molar-refractivity contribution in [2.75, 3.05) is 13.1 Å². The van der Waals surface area contributed by atoms with Crippen molar-refractivity contribution in [2.45, 2.75) is 19.9 Å². The minimum Gasteiger partial charge on any atom is -0.241 e. The smallest absolute Gasteiger partial charge is 0.241 e. The average Bonchev–Trinajstić information content (AvgIpc) is 2.53. The lowest BCUT2D eigenvalue weighted by Gasteiger charge is -2.29. The van der Waals surface area contributed by atoms with Gasteiger partial charge >= 0.3 is 6.05 Å². The Morgan fingerprint density at radius 3 is 1.91 bits per heavy atom. The lowest BCUT2D eigenvalue weighted by Crippen LogP contribution is -2.38. The minimum absolute atomic E-state index is 0.0546. The van der Waals surface area contributed by atoms with Gasteiger partial charge in [0.25, 0.3) is 0 Å². The summed E-state index contributed by atoms with van der Waals surface area (Å²) in [5, 5.41) is 4.03. The van der Waals surface area contributed by atoms with Crippen LogP contribution >= 0.6 is 0 Å². The van der Waals surface area contributed by atoms with Crippen molar-refractivity contribution in [2.24, 2.45) is 0 Å². The van der Waals surface area contributed by atoms with E-state index < -0.39 is 6.05 Å². The van der Waals surface area contributed by atoms with Gasteiger partial charge in [0.05, 0.1) is 0 Å². The van der Waals surface area contributed by atoms with E-state index in [1.165, 1.54) is 11.0 Å². The van der Waals surface area contributed by atoms with Crippen LogP contribution in [-0.4, -0.2) is 18.0 Å². The van der Waals surface area contributed by atoms with E-state index in [-0.39, 0.29) is 5.56 Å². The van der Waals surface area contributed by atoms with Gasteiger partial charge in [0.15, 0.2) is 0 Å². The molecule has 0 aliphatic heterocycles. The third-order valence-corrected chi connectivity index (χ3v) is 4.21. The van der Waals surface area contributed by atoms with Crippen LogP contribution in [0.25, 0.3) is 21.5 Å². The van der Waals surface area contributed by atoms with Gasteiger partial charge in [-0.2, -0.15) is 8.78 Å². The van der Waals surface area contributed by atoms with Crippen LogP contribution in [0.4, 0.5) is 8.78 Å². The zero-order valence-corrected chi connectivity index (χ0v) is 12.8. The summed E-state index contributed by atoms with van der Waals surface area (Å²) in [6.45, 7) is 4.15. The van der Waals surface area contributed by atoms with Gasteiger partial charge in [-0.15, -0.1) is 0 Å². The van der Waals surface area contributed by atoms with Gasteiger partial charge in [0, 0.05) is 18.7 Å². The van der Waals surface area contributed by atoms with Gasteiger partial charge in [-0.3, -0.25) is 0 Å². The lowest BCUT2D eigenvalue weighted by molar-refractivity contribution is -0.150. The van der Waals surface area contributed by atoms with Crippen LogP contribution in [0, 0.1) is 0 Å². The van der Waals surface area contributed by atoms with Crippen molar-refractivity contribution in [1.29, 1.82) is 0 Å². The quantitative estimate of drug-likeness (QED) is 0.461. The Bertz CT molecular complexity index is 807. The second-order valence-corrected chi connectivity index (χ2v) is 5.47. The van der Waals surface area contributed by atoms with E-state index in [4.69, 9.17) is 0 Å². The van der Waals surface area contributed by atoms with Gasteiger partial charge in [0.2, 0.25) is 0 Å². The van der Waals surface area contributed by atoms with E-state index in [2.05, 4.69) is 0 Å². The number of halogens is 2. The molecule has 0 bridgehead atoms. The van der Waals surface area contributed by atoms with Crippen molar-refractivity contribution in [1.82, 2.24) is 4.90 Å². The molecule has 22 heavy (non-hydrogen) atoms. The second kappa shape index (κ2) is 5.65. The Morgan fingerprint density at radius 1 is 0.773 bits per heavy atom. The molecule has 0 fully saturated rings. The lowest BCUT2D eigenvalue weighted by atomic mass is 10.0. The van der Waals surface area contributed by atoms with Gasteiger partial charge in [-0.25, -0.2) is 4.90 Å². The van der Waals surface area contributed by atoms with Gasteiger partial charge in [-0.1, -0.05) is 50.2 Å². The zero-order valence-electron chi connectivity index (χ0n) is 12.8. The molecule has 0 aromatic heterocycles. The topological polar surface area (TPSA) is 3.24 Å². The summed E-state index contributed by atoms with van der Waals surface area (Å²) in [4.78, 5) is 1.18. The van der Waals surface area contributed by atoms with E-state index in [0.717, 1.165) is 21.5 Å². The fourth-order valence-electron chi connectivity index (χ4n) is 2.93. The fourth-order valence-corrected chi connectivity index (χ4v) is 2.93. The molecule has 0 N–H and O–H groups in total. The van der Waals surface area contributed by atoms with Gasteiger partial charge in [-0.05, 0) is 39.7 Å². The zero-order chi connectivity index (χ0) is 15.7. The monoisotopic (exact) mass is 299 g/mol. The second-order valence-electron chi connectivity index (χ2n) is 5.47. The van der Waals surface area contributed by atoms with E-state index >= 15 is 0 Å². The maximum Gasteiger partial charge on any atom is 0.331 e. The first-order chi connectivity index (χ1) is 10.6. The molecular weight excluding hydrogens is 280 g/mol. The van der Waals surface area contributed by atoms with Crippen molar-refractivity contribution >= 4 is 21.5 Å². The molecule has 3 aromatic carbocycles.